The van der Waals surface area contributed by atoms with Gasteiger partial charge in [-0.3, -0.25) is 9.20 Å². The van der Waals surface area contributed by atoms with E-state index in [0.29, 0.717) is 18.2 Å². The van der Waals surface area contributed by atoms with E-state index < -0.39 is 0 Å². The van der Waals surface area contributed by atoms with Crippen LogP contribution < -0.4 is 0 Å². The Hall–Kier alpha value is -2.37. The summed E-state index contributed by atoms with van der Waals surface area (Å²) in [6, 6.07) is 13.9. The molecule has 1 saturated heterocycles. The number of fused-ring (bicyclic) bond motifs is 1. The van der Waals surface area contributed by atoms with E-state index in [9.17, 15) is 4.79 Å². The highest BCUT2D eigenvalue weighted by molar-refractivity contribution is 6.30. The number of halogens is 1. The molecular weight excluding hydrogens is 420 g/mol. The molecule has 6 heteroatoms. The topological polar surface area (TPSA) is 40.8 Å². The SMILES string of the molecule is CC(C)CC(CN(CCN1CCCC1)C(=O)c1cccc2nccn12)c1ccc(Cl)cc1. The molecule has 0 bridgehead atoms. The maximum atomic E-state index is 13.8. The standard InChI is InChI=1S/C26H33ClN4O/c1-20(2)18-22(21-8-10-23(27)11-9-21)19-30(17-16-29-13-3-4-14-29)26(32)24-6-5-7-25-28-12-15-31(24)25/h5-12,15,20,22H,3-4,13-14,16-19H2,1-2H3. The van der Waals surface area contributed by atoms with E-state index in [1.165, 1.54) is 18.4 Å². The van der Waals surface area contributed by atoms with E-state index in [-0.39, 0.29) is 11.8 Å². The number of pyridine rings is 1. The third-order valence-corrected chi connectivity index (χ3v) is 6.61. The van der Waals surface area contributed by atoms with Crippen molar-refractivity contribution in [1.82, 2.24) is 19.2 Å². The second-order valence-corrected chi connectivity index (χ2v) is 9.68. The molecule has 1 atom stereocenters. The monoisotopic (exact) mass is 452 g/mol. The molecule has 1 fully saturated rings. The number of carbonyl (C=O) groups excluding carboxylic acids is 1. The number of carbonyl (C=O) groups is 1. The van der Waals surface area contributed by atoms with Gasteiger partial charge in [-0.1, -0.05) is 43.6 Å². The Bertz CT molecular complexity index is 1020. The molecule has 1 aromatic carbocycles. The van der Waals surface area contributed by atoms with Gasteiger partial charge in [-0.25, -0.2) is 4.98 Å². The summed E-state index contributed by atoms with van der Waals surface area (Å²) in [6.07, 6.45) is 7.14. The summed E-state index contributed by atoms with van der Waals surface area (Å²) in [4.78, 5) is 22.7. The Balaban J connectivity index is 1.61. The van der Waals surface area contributed by atoms with Gasteiger partial charge < -0.3 is 9.80 Å². The number of nitrogens with zero attached hydrogens (tertiary/aromatic N) is 4. The first kappa shape index (κ1) is 22.8. The van der Waals surface area contributed by atoms with Crippen molar-refractivity contribution in [2.45, 2.75) is 39.0 Å². The third kappa shape index (κ3) is 5.51. The summed E-state index contributed by atoms with van der Waals surface area (Å²) < 4.78 is 1.89. The molecule has 4 rings (SSSR count). The average Bonchev–Trinajstić information content (AvgIpc) is 3.47. The molecule has 0 N–H and O–H groups in total. The molecule has 1 aliphatic rings. The summed E-state index contributed by atoms with van der Waals surface area (Å²) >= 11 is 6.15. The summed E-state index contributed by atoms with van der Waals surface area (Å²) in [6.45, 7) is 9.08. The number of amides is 1. The van der Waals surface area contributed by atoms with E-state index in [2.05, 4.69) is 40.8 Å². The van der Waals surface area contributed by atoms with E-state index in [4.69, 9.17) is 11.6 Å². The Morgan fingerprint density at radius 1 is 1.12 bits per heavy atom. The smallest absolute Gasteiger partial charge is 0.270 e. The molecule has 32 heavy (non-hydrogen) atoms. The van der Waals surface area contributed by atoms with Crippen molar-refractivity contribution in [3.8, 4) is 0 Å². The predicted molar refractivity (Wildman–Crippen MR) is 130 cm³/mol. The quantitative estimate of drug-likeness (QED) is 0.439. The van der Waals surface area contributed by atoms with Gasteiger partial charge in [-0.05, 0) is 68.1 Å². The van der Waals surface area contributed by atoms with Crippen molar-refractivity contribution in [3.05, 3.63) is 71.1 Å². The molecule has 170 valence electrons. The molecule has 0 saturated carbocycles. The molecular formula is C26H33ClN4O. The highest BCUT2D eigenvalue weighted by Gasteiger charge is 2.25. The number of hydrogen-bond acceptors (Lipinski definition) is 3. The summed E-state index contributed by atoms with van der Waals surface area (Å²) in [5.74, 6) is 0.857. The van der Waals surface area contributed by atoms with Gasteiger partial charge in [-0.15, -0.1) is 0 Å². The lowest BCUT2D eigenvalue weighted by atomic mass is 9.89. The maximum Gasteiger partial charge on any atom is 0.270 e. The van der Waals surface area contributed by atoms with E-state index in [1.54, 1.807) is 6.20 Å². The van der Waals surface area contributed by atoms with Crippen LogP contribution in [0.5, 0.6) is 0 Å². The number of likely N-dealkylation sites (tertiary alicyclic amines) is 1. The molecule has 3 aromatic rings. The van der Waals surface area contributed by atoms with Gasteiger partial charge in [0.25, 0.3) is 5.91 Å². The van der Waals surface area contributed by atoms with Gasteiger partial charge in [0.1, 0.15) is 11.3 Å². The van der Waals surface area contributed by atoms with E-state index in [1.807, 2.05) is 40.9 Å². The molecule has 1 amide bonds. The number of rotatable bonds is 9. The van der Waals surface area contributed by atoms with E-state index >= 15 is 0 Å². The highest BCUT2D eigenvalue weighted by atomic mass is 35.5. The van der Waals surface area contributed by atoms with Crippen LogP contribution in [-0.4, -0.2) is 57.8 Å². The molecule has 2 aromatic heterocycles. The van der Waals surface area contributed by atoms with Crippen LogP contribution in [0.25, 0.3) is 5.65 Å². The van der Waals surface area contributed by atoms with Crippen LogP contribution in [0.4, 0.5) is 0 Å². The molecule has 1 unspecified atom stereocenters. The maximum absolute atomic E-state index is 13.8. The molecule has 0 radical (unpaired) electrons. The molecule has 1 aliphatic heterocycles. The first-order valence-corrected chi connectivity index (χ1v) is 12.1. The normalized spacial score (nSPS) is 15.5. The summed E-state index contributed by atoms with van der Waals surface area (Å²) in [5, 5.41) is 0.741. The molecule has 0 spiro atoms. The second-order valence-electron chi connectivity index (χ2n) is 9.24. The Labute approximate surface area is 196 Å². The van der Waals surface area contributed by atoms with Gasteiger partial charge in [0.15, 0.2) is 0 Å². The van der Waals surface area contributed by atoms with Gasteiger partial charge in [0, 0.05) is 43.0 Å². The number of hydrogen-bond donors (Lipinski definition) is 0. The predicted octanol–water partition coefficient (Wildman–Crippen LogP) is 5.36. The van der Waals surface area contributed by atoms with E-state index in [0.717, 1.165) is 43.3 Å². The zero-order valence-corrected chi connectivity index (χ0v) is 19.8. The van der Waals surface area contributed by atoms with Gasteiger partial charge >= 0.3 is 0 Å². The third-order valence-electron chi connectivity index (χ3n) is 6.36. The lowest BCUT2D eigenvalue weighted by Gasteiger charge is -2.31. The number of aromatic nitrogens is 2. The number of imidazole rings is 1. The van der Waals surface area contributed by atoms with Crippen molar-refractivity contribution in [1.29, 1.82) is 0 Å². The van der Waals surface area contributed by atoms with Crippen LogP contribution in [0, 0.1) is 5.92 Å². The largest absolute Gasteiger partial charge is 0.335 e. The summed E-state index contributed by atoms with van der Waals surface area (Å²) in [7, 11) is 0. The lowest BCUT2D eigenvalue weighted by molar-refractivity contribution is 0.0717. The zero-order valence-electron chi connectivity index (χ0n) is 19.1. The first-order chi connectivity index (χ1) is 15.5. The molecule has 3 heterocycles. The van der Waals surface area contributed by atoms with Crippen LogP contribution >= 0.6 is 11.6 Å². The van der Waals surface area contributed by atoms with Crippen LogP contribution in [0.3, 0.4) is 0 Å². The van der Waals surface area contributed by atoms with Crippen molar-refractivity contribution < 1.29 is 4.79 Å². The fourth-order valence-corrected chi connectivity index (χ4v) is 4.84. The fraction of sp³-hybridized carbons (Fsp3) is 0.462. The summed E-state index contributed by atoms with van der Waals surface area (Å²) in [5.41, 5.74) is 2.70. The Kier molecular flexibility index (Phi) is 7.48. The number of benzene rings is 1. The highest BCUT2D eigenvalue weighted by Crippen LogP contribution is 2.27. The van der Waals surface area contributed by atoms with Crippen molar-refractivity contribution in [3.63, 3.8) is 0 Å². The fourth-order valence-electron chi connectivity index (χ4n) is 4.71. The van der Waals surface area contributed by atoms with Crippen LogP contribution in [0.2, 0.25) is 5.02 Å². The van der Waals surface area contributed by atoms with Crippen molar-refractivity contribution in [2.75, 3.05) is 32.7 Å². The Morgan fingerprint density at radius 2 is 1.88 bits per heavy atom. The van der Waals surface area contributed by atoms with Crippen LogP contribution in [-0.2, 0) is 0 Å². The van der Waals surface area contributed by atoms with Gasteiger partial charge in [-0.2, -0.15) is 0 Å². The minimum absolute atomic E-state index is 0.0653. The van der Waals surface area contributed by atoms with Crippen molar-refractivity contribution in [2.24, 2.45) is 5.92 Å². The van der Waals surface area contributed by atoms with Crippen molar-refractivity contribution >= 4 is 23.2 Å². The van der Waals surface area contributed by atoms with Crippen LogP contribution in [0.15, 0.2) is 54.9 Å². The first-order valence-electron chi connectivity index (χ1n) is 11.7. The minimum atomic E-state index is 0.0653. The lowest BCUT2D eigenvalue weighted by Crippen LogP contribution is -2.41. The van der Waals surface area contributed by atoms with Gasteiger partial charge in [0.05, 0.1) is 0 Å². The average molecular weight is 453 g/mol. The molecule has 0 aliphatic carbocycles. The Morgan fingerprint density at radius 3 is 2.59 bits per heavy atom. The minimum Gasteiger partial charge on any atom is -0.335 e. The molecule has 5 nitrogen and oxygen atoms in total. The zero-order chi connectivity index (χ0) is 22.5. The second kappa shape index (κ2) is 10.5. The van der Waals surface area contributed by atoms with Crippen LogP contribution in [0.1, 0.15) is 55.1 Å². The van der Waals surface area contributed by atoms with Gasteiger partial charge in [0.2, 0.25) is 0 Å².